The maximum Gasteiger partial charge on any atom is 0.220 e. The van der Waals surface area contributed by atoms with Crippen molar-refractivity contribution in [3.05, 3.63) is 59.9 Å². The number of fused-ring (bicyclic) bond motifs is 1. The highest BCUT2D eigenvalue weighted by Crippen LogP contribution is 2.32. The van der Waals surface area contributed by atoms with E-state index in [0.29, 0.717) is 19.6 Å². The van der Waals surface area contributed by atoms with Gasteiger partial charge in [-0.15, -0.1) is 0 Å². The Morgan fingerprint density at radius 1 is 1.15 bits per heavy atom. The Hall–Kier alpha value is -2.94. The van der Waals surface area contributed by atoms with Gasteiger partial charge < -0.3 is 19.4 Å². The van der Waals surface area contributed by atoms with Crippen LogP contribution in [0.1, 0.15) is 43.7 Å². The van der Waals surface area contributed by atoms with Crippen molar-refractivity contribution < 1.29 is 14.3 Å². The zero-order valence-corrected chi connectivity index (χ0v) is 19.7. The average molecular weight is 452 g/mol. The molecule has 1 fully saturated rings. The molecule has 8 heteroatoms. The fourth-order valence-electron chi connectivity index (χ4n) is 4.58. The van der Waals surface area contributed by atoms with Crippen LogP contribution in [-0.4, -0.2) is 42.3 Å². The third kappa shape index (κ3) is 5.03. The lowest BCUT2D eigenvalue weighted by Crippen LogP contribution is -2.33. The Morgan fingerprint density at radius 3 is 2.64 bits per heavy atom. The Kier molecular flexibility index (Phi) is 7.27. The molecule has 1 aromatic heterocycles. The van der Waals surface area contributed by atoms with Crippen molar-refractivity contribution in [1.29, 1.82) is 0 Å². The van der Waals surface area contributed by atoms with E-state index >= 15 is 0 Å². The lowest BCUT2D eigenvalue weighted by Gasteiger charge is -2.22. The molecule has 2 heterocycles. The van der Waals surface area contributed by atoms with Crippen molar-refractivity contribution in [2.45, 2.75) is 44.9 Å². The van der Waals surface area contributed by atoms with E-state index in [-0.39, 0.29) is 30.0 Å². The number of carbonyl (C=O) groups excluding carboxylic acids is 1. The summed E-state index contributed by atoms with van der Waals surface area (Å²) in [5, 5.41) is 3.17. The molecule has 1 saturated heterocycles. The van der Waals surface area contributed by atoms with Crippen molar-refractivity contribution in [3.63, 3.8) is 0 Å². The summed E-state index contributed by atoms with van der Waals surface area (Å²) in [6, 6.07) is 16.0. The standard InChI is InChI=1S/C25H33N5O3/c1-16-20(24(29-28-16)18-9-11-19(33-4)12-10-18)15-23(31)26-17(2)25-27-21-7-5-6-8-22(21)30(25)13-14-32-3/h5-12,16-17,20,24,28-29H,13-15H2,1-4H3,(H,26,31)/t16?,17-,20?,24?/m0/s1. The van der Waals surface area contributed by atoms with E-state index in [2.05, 4.69) is 27.7 Å². The van der Waals surface area contributed by atoms with Gasteiger partial charge in [0.05, 0.1) is 36.8 Å². The van der Waals surface area contributed by atoms with Gasteiger partial charge in [-0.25, -0.2) is 10.4 Å². The first-order chi connectivity index (χ1) is 16.0. The Balaban J connectivity index is 1.47. The molecule has 1 aliphatic rings. The van der Waals surface area contributed by atoms with Crippen molar-refractivity contribution in [3.8, 4) is 5.75 Å². The van der Waals surface area contributed by atoms with Crippen LogP contribution in [0, 0.1) is 5.92 Å². The quantitative estimate of drug-likeness (QED) is 0.463. The molecular formula is C25H33N5O3. The molecule has 0 saturated carbocycles. The number of benzene rings is 2. The summed E-state index contributed by atoms with van der Waals surface area (Å²) in [6.45, 7) is 5.34. The van der Waals surface area contributed by atoms with Crippen molar-refractivity contribution in [2.24, 2.45) is 5.92 Å². The van der Waals surface area contributed by atoms with Gasteiger partial charge in [-0.3, -0.25) is 10.2 Å². The number of hydrogen-bond acceptors (Lipinski definition) is 6. The lowest BCUT2D eigenvalue weighted by molar-refractivity contribution is -0.122. The number of hydrazine groups is 1. The summed E-state index contributed by atoms with van der Waals surface area (Å²) in [4.78, 5) is 17.9. The number of nitrogens with zero attached hydrogens (tertiary/aromatic N) is 2. The molecule has 1 amide bonds. The van der Waals surface area contributed by atoms with Crippen LogP contribution in [0.15, 0.2) is 48.5 Å². The van der Waals surface area contributed by atoms with Crippen LogP contribution in [0.5, 0.6) is 5.75 Å². The van der Waals surface area contributed by atoms with Crippen LogP contribution in [0.4, 0.5) is 0 Å². The smallest absolute Gasteiger partial charge is 0.220 e. The molecule has 3 unspecified atom stereocenters. The molecular weight excluding hydrogens is 418 g/mol. The number of hydrogen-bond donors (Lipinski definition) is 3. The van der Waals surface area contributed by atoms with E-state index in [4.69, 9.17) is 14.5 Å². The highest BCUT2D eigenvalue weighted by atomic mass is 16.5. The average Bonchev–Trinajstić information content (AvgIpc) is 3.38. The molecule has 3 aromatic rings. The number of para-hydroxylation sites is 2. The minimum Gasteiger partial charge on any atom is -0.497 e. The normalized spacial score (nSPS) is 21.3. The van der Waals surface area contributed by atoms with Gasteiger partial charge in [0, 0.05) is 32.0 Å². The van der Waals surface area contributed by atoms with E-state index in [1.807, 2.05) is 55.5 Å². The summed E-state index contributed by atoms with van der Waals surface area (Å²) in [6.07, 6.45) is 0.403. The zero-order valence-electron chi connectivity index (χ0n) is 19.7. The van der Waals surface area contributed by atoms with Crippen LogP contribution in [-0.2, 0) is 16.1 Å². The first kappa shape index (κ1) is 23.2. The molecule has 8 nitrogen and oxygen atoms in total. The van der Waals surface area contributed by atoms with Gasteiger partial charge in [-0.2, -0.15) is 0 Å². The first-order valence-electron chi connectivity index (χ1n) is 11.4. The van der Waals surface area contributed by atoms with E-state index in [0.717, 1.165) is 28.2 Å². The predicted octanol–water partition coefficient (Wildman–Crippen LogP) is 3.11. The van der Waals surface area contributed by atoms with Crippen molar-refractivity contribution >= 4 is 16.9 Å². The van der Waals surface area contributed by atoms with E-state index in [1.54, 1.807) is 14.2 Å². The van der Waals surface area contributed by atoms with Crippen LogP contribution in [0.3, 0.4) is 0 Å². The molecule has 2 aromatic carbocycles. The predicted molar refractivity (Wildman–Crippen MR) is 128 cm³/mol. The van der Waals surface area contributed by atoms with E-state index in [1.165, 1.54) is 0 Å². The summed E-state index contributed by atoms with van der Waals surface area (Å²) >= 11 is 0. The first-order valence-corrected chi connectivity index (χ1v) is 11.4. The monoisotopic (exact) mass is 451 g/mol. The molecule has 0 aliphatic carbocycles. The maximum absolute atomic E-state index is 13.1. The SMILES string of the molecule is COCCn1c([C@H](C)NC(=O)CC2C(C)NNC2c2ccc(OC)cc2)nc2ccccc21. The summed E-state index contributed by atoms with van der Waals surface area (Å²) < 4.78 is 12.7. The Labute approximate surface area is 194 Å². The second kappa shape index (κ2) is 10.3. The Morgan fingerprint density at radius 2 is 1.91 bits per heavy atom. The van der Waals surface area contributed by atoms with Crippen LogP contribution in [0.2, 0.25) is 0 Å². The molecule has 0 bridgehead atoms. The summed E-state index contributed by atoms with van der Waals surface area (Å²) in [5.74, 6) is 1.77. The lowest BCUT2D eigenvalue weighted by atomic mass is 9.87. The van der Waals surface area contributed by atoms with Gasteiger partial charge in [0.1, 0.15) is 11.6 Å². The fourth-order valence-corrected chi connectivity index (χ4v) is 4.58. The number of carbonyl (C=O) groups is 1. The van der Waals surface area contributed by atoms with Gasteiger partial charge in [0.2, 0.25) is 5.91 Å². The number of aromatic nitrogens is 2. The third-order valence-corrected chi connectivity index (χ3v) is 6.40. The van der Waals surface area contributed by atoms with Gasteiger partial charge in [-0.1, -0.05) is 24.3 Å². The van der Waals surface area contributed by atoms with E-state index < -0.39 is 0 Å². The molecule has 4 rings (SSSR count). The number of rotatable bonds is 9. The molecule has 0 radical (unpaired) electrons. The Bertz CT molecular complexity index is 1080. The second-order valence-electron chi connectivity index (χ2n) is 8.59. The highest BCUT2D eigenvalue weighted by molar-refractivity contribution is 5.78. The molecule has 33 heavy (non-hydrogen) atoms. The third-order valence-electron chi connectivity index (χ3n) is 6.40. The van der Waals surface area contributed by atoms with Gasteiger partial charge in [-0.05, 0) is 43.7 Å². The summed E-state index contributed by atoms with van der Waals surface area (Å²) in [7, 11) is 3.35. The minimum atomic E-state index is -0.223. The molecule has 4 atom stereocenters. The fraction of sp³-hybridized carbons (Fsp3) is 0.440. The molecule has 3 N–H and O–H groups in total. The van der Waals surface area contributed by atoms with Gasteiger partial charge in [0.25, 0.3) is 0 Å². The number of nitrogens with one attached hydrogen (secondary N) is 3. The maximum atomic E-state index is 13.1. The van der Waals surface area contributed by atoms with Crippen molar-refractivity contribution in [2.75, 3.05) is 20.8 Å². The topological polar surface area (TPSA) is 89.4 Å². The zero-order chi connectivity index (χ0) is 23.4. The number of ether oxygens (including phenoxy) is 2. The molecule has 0 spiro atoms. The van der Waals surface area contributed by atoms with Gasteiger partial charge >= 0.3 is 0 Å². The molecule has 1 aliphatic heterocycles. The van der Waals surface area contributed by atoms with Crippen molar-refractivity contribution in [1.82, 2.24) is 25.7 Å². The molecule has 176 valence electrons. The van der Waals surface area contributed by atoms with Gasteiger partial charge in [0.15, 0.2) is 0 Å². The highest BCUT2D eigenvalue weighted by Gasteiger charge is 2.36. The number of imidazole rings is 1. The largest absolute Gasteiger partial charge is 0.497 e. The van der Waals surface area contributed by atoms with Crippen LogP contribution >= 0.6 is 0 Å². The second-order valence-corrected chi connectivity index (χ2v) is 8.59. The van der Waals surface area contributed by atoms with Crippen LogP contribution < -0.4 is 20.9 Å². The van der Waals surface area contributed by atoms with E-state index in [9.17, 15) is 4.79 Å². The number of methoxy groups -OCH3 is 2. The minimum absolute atomic E-state index is 0.00806. The van der Waals surface area contributed by atoms with Crippen LogP contribution in [0.25, 0.3) is 11.0 Å². The number of amides is 1. The summed E-state index contributed by atoms with van der Waals surface area (Å²) in [5.41, 5.74) is 9.73.